The molecule has 0 unspecified atom stereocenters. The summed E-state index contributed by atoms with van der Waals surface area (Å²) in [4.78, 5) is 17.5. The van der Waals surface area contributed by atoms with Crippen molar-refractivity contribution in [3.8, 4) is 0 Å². The van der Waals surface area contributed by atoms with Crippen molar-refractivity contribution in [1.82, 2.24) is 9.88 Å². The standard InChI is InChI=1S/C18H25FN2O/c1-5-14(18(22)21-8-6-15(19)7-9-21)10-16-17(12(2)3)13(4)11-20-16/h5,10-12,15,20H,1,6-9H2,2-4H3/b14-10+. The molecule has 1 amide bonds. The van der Waals surface area contributed by atoms with Gasteiger partial charge in [0.05, 0.1) is 0 Å². The molecule has 0 bridgehead atoms. The summed E-state index contributed by atoms with van der Waals surface area (Å²) in [6, 6.07) is 0. The van der Waals surface area contributed by atoms with Crippen LogP contribution >= 0.6 is 0 Å². The molecular formula is C18H25FN2O. The Labute approximate surface area is 131 Å². The van der Waals surface area contributed by atoms with Crippen molar-refractivity contribution in [3.63, 3.8) is 0 Å². The summed E-state index contributed by atoms with van der Waals surface area (Å²) in [5, 5.41) is 0. The average molecular weight is 304 g/mol. The molecule has 0 atom stereocenters. The van der Waals surface area contributed by atoms with Gasteiger partial charge in [-0.2, -0.15) is 0 Å². The van der Waals surface area contributed by atoms with E-state index in [9.17, 15) is 9.18 Å². The molecule has 1 saturated heterocycles. The Hall–Kier alpha value is -1.84. The zero-order chi connectivity index (χ0) is 16.3. The van der Waals surface area contributed by atoms with Crippen LogP contribution in [0.15, 0.2) is 24.4 Å². The van der Waals surface area contributed by atoms with Crippen LogP contribution in [0.2, 0.25) is 0 Å². The molecule has 4 heteroatoms. The van der Waals surface area contributed by atoms with Crippen molar-refractivity contribution in [3.05, 3.63) is 41.2 Å². The Balaban J connectivity index is 2.24. The fourth-order valence-corrected chi connectivity index (χ4v) is 3.04. The highest BCUT2D eigenvalue weighted by molar-refractivity contribution is 6.00. The normalized spacial score (nSPS) is 17.1. The van der Waals surface area contributed by atoms with Gasteiger partial charge in [-0.05, 0) is 42.9 Å². The lowest BCUT2D eigenvalue weighted by atomic mass is 9.98. The number of H-pyrrole nitrogens is 1. The summed E-state index contributed by atoms with van der Waals surface area (Å²) in [5.74, 6) is 0.310. The summed E-state index contributed by atoms with van der Waals surface area (Å²) in [6.45, 7) is 11.0. The summed E-state index contributed by atoms with van der Waals surface area (Å²) < 4.78 is 13.2. The van der Waals surface area contributed by atoms with Gasteiger partial charge in [0.25, 0.3) is 5.91 Å². The molecule has 0 aromatic carbocycles. The third kappa shape index (κ3) is 3.49. The fourth-order valence-electron chi connectivity index (χ4n) is 3.04. The monoisotopic (exact) mass is 304 g/mol. The second-order valence-corrected chi connectivity index (χ2v) is 6.22. The maximum absolute atomic E-state index is 13.2. The Bertz CT molecular complexity index is 578. The number of aromatic amines is 1. The van der Waals surface area contributed by atoms with Gasteiger partial charge in [-0.3, -0.25) is 4.79 Å². The Morgan fingerprint density at radius 3 is 2.64 bits per heavy atom. The molecule has 0 aliphatic carbocycles. The van der Waals surface area contributed by atoms with Crippen molar-refractivity contribution in [1.29, 1.82) is 0 Å². The number of nitrogens with zero attached hydrogens (tertiary/aromatic N) is 1. The zero-order valence-corrected chi connectivity index (χ0v) is 13.7. The first-order valence-electron chi connectivity index (χ1n) is 7.89. The number of halogens is 1. The second-order valence-electron chi connectivity index (χ2n) is 6.22. The van der Waals surface area contributed by atoms with Crippen LogP contribution in [0.25, 0.3) is 6.08 Å². The van der Waals surface area contributed by atoms with Gasteiger partial charge in [0.1, 0.15) is 6.17 Å². The number of aryl methyl sites for hydroxylation is 1. The number of amides is 1. The molecule has 1 aliphatic rings. The highest BCUT2D eigenvalue weighted by Crippen LogP contribution is 2.25. The molecule has 2 rings (SSSR count). The number of likely N-dealkylation sites (tertiary alicyclic amines) is 1. The lowest BCUT2D eigenvalue weighted by Crippen LogP contribution is -2.39. The van der Waals surface area contributed by atoms with E-state index in [4.69, 9.17) is 0 Å². The lowest BCUT2D eigenvalue weighted by molar-refractivity contribution is -0.128. The lowest BCUT2D eigenvalue weighted by Gasteiger charge is -2.29. The van der Waals surface area contributed by atoms with Gasteiger partial charge in [-0.15, -0.1) is 0 Å². The van der Waals surface area contributed by atoms with Gasteiger partial charge in [-0.1, -0.05) is 26.5 Å². The molecule has 1 aromatic heterocycles. The first kappa shape index (κ1) is 16.5. The molecule has 1 N–H and O–H groups in total. The van der Waals surface area contributed by atoms with Crippen LogP contribution < -0.4 is 0 Å². The van der Waals surface area contributed by atoms with Gasteiger partial charge >= 0.3 is 0 Å². The van der Waals surface area contributed by atoms with Crippen LogP contribution in [0.4, 0.5) is 4.39 Å². The van der Waals surface area contributed by atoms with E-state index in [1.54, 1.807) is 11.0 Å². The number of piperidine rings is 1. The van der Waals surface area contributed by atoms with Crippen LogP contribution in [0.3, 0.4) is 0 Å². The van der Waals surface area contributed by atoms with Gasteiger partial charge in [-0.25, -0.2) is 4.39 Å². The minimum Gasteiger partial charge on any atom is -0.361 e. The number of aromatic nitrogens is 1. The van der Waals surface area contributed by atoms with Crippen LogP contribution in [0, 0.1) is 6.92 Å². The van der Waals surface area contributed by atoms with Crippen LogP contribution in [0.5, 0.6) is 0 Å². The van der Waals surface area contributed by atoms with E-state index in [-0.39, 0.29) is 5.91 Å². The van der Waals surface area contributed by atoms with E-state index < -0.39 is 6.17 Å². The first-order chi connectivity index (χ1) is 10.4. The Morgan fingerprint density at radius 2 is 2.09 bits per heavy atom. The van der Waals surface area contributed by atoms with Crippen molar-refractivity contribution in [2.24, 2.45) is 0 Å². The number of carbonyl (C=O) groups excluding carboxylic acids is 1. The van der Waals surface area contributed by atoms with Crippen LogP contribution in [-0.4, -0.2) is 35.1 Å². The number of alkyl halides is 1. The molecule has 0 spiro atoms. The predicted octanol–water partition coefficient (Wildman–Crippen LogP) is 3.98. The van der Waals surface area contributed by atoms with Crippen molar-refractivity contribution < 1.29 is 9.18 Å². The number of nitrogens with one attached hydrogen (secondary N) is 1. The summed E-state index contributed by atoms with van der Waals surface area (Å²) in [7, 11) is 0. The number of hydrogen-bond donors (Lipinski definition) is 1. The topological polar surface area (TPSA) is 36.1 Å². The van der Waals surface area contributed by atoms with Crippen molar-refractivity contribution in [2.45, 2.75) is 45.7 Å². The number of hydrogen-bond acceptors (Lipinski definition) is 1. The fraction of sp³-hybridized carbons (Fsp3) is 0.500. The Morgan fingerprint density at radius 1 is 1.45 bits per heavy atom. The third-order valence-electron chi connectivity index (χ3n) is 4.21. The Kier molecular flexibility index (Phi) is 5.22. The molecule has 1 aromatic rings. The third-order valence-corrected chi connectivity index (χ3v) is 4.21. The molecule has 1 fully saturated rings. The highest BCUT2D eigenvalue weighted by atomic mass is 19.1. The number of rotatable bonds is 4. The second kappa shape index (κ2) is 6.95. The molecule has 0 saturated carbocycles. The van der Waals surface area contributed by atoms with Crippen molar-refractivity contribution >= 4 is 12.0 Å². The molecule has 3 nitrogen and oxygen atoms in total. The maximum Gasteiger partial charge on any atom is 0.253 e. The molecular weight excluding hydrogens is 279 g/mol. The molecule has 0 radical (unpaired) electrons. The highest BCUT2D eigenvalue weighted by Gasteiger charge is 2.24. The van der Waals surface area contributed by atoms with E-state index in [1.165, 1.54) is 11.1 Å². The smallest absolute Gasteiger partial charge is 0.253 e. The summed E-state index contributed by atoms with van der Waals surface area (Å²) >= 11 is 0. The molecule has 120 valence electrons. The van der Waals surface area contributed by atoms with Crippen LogP contribution in [-0.2, 0) is 4.79 Å². The van der Waals surface area contributed by atoms with E-state index in [0.29, 0.717) is 37.4 Å². The van der Waals surface area contributed by atoms with Crippen LogP contribution in [0.1, 0.15) is 49.4 Å². The minimum absolute atomic E-state index is 0.0659. The SMILES string of the molecule is C=C/C(=C\c1[nH]cc(C)c1C(C)C)C(=O)N1CCC(F)CC1. The van der Waals surface area contributed by atoms with E-state index in [2.05, 4.69) is 32.3 Å². The maximum atomic E-state index is 13.2. The largest absolute Gasteiger partial charge is 0.361 e. The van der Waals surface area contributed by atoms with E-state index in [0.717, 1.165) is 5.69 Å². The van der Waals surface area contributed by atoms with Crippen molar-refractivity contribution in [2.75, 3.05) is 13.1 Å². The van der Waals surface area contributed by atoms with Gasteiger partial charge in [0.2, 0.25) is 0 Å². The quantitative estimate of drug-likeness (QED) is 0.663. The summed E-state index contributed by atoms with van der Waals surface area (Å²) in [6.07, 6.45) is 5.48. The van der Waals surface area contributed by atoms with Gasteiger partial charge < -0.3 is 9.88 Å². The predicted molar refractivity (Wildman–Crippen MR) is 88.5 cm³/mol. The van der Waals surface area contributed by atoms with Gasteiger partial charge in [0.15, 0.2) is 0 Å². The molecule has 2 heterocycles. The summed E-state index contributed by atoms with van der Waals surface area (Å²) in [5.41, 5.74) is 3.92. The first-order valence-corrected chi connectivity index (χ1v) is 7.89. The molecule has 1 aliphatic heterocycles. The zero-order valence-electron chi connectivity index (χ0n) is 13.7. The average Bonchev–Trinajstić information content (AvgIpc) is 2.85. The number of carbonyl (C=O) groups is 1. The van der Waals surface area contributed by atoms with E-state index in [1.807, 2.05) is 12.3 Å². The molecule has 22 heavy (non-hydrogen) atoms. The van der Waals surface area contributed by atoms with E-state index >= 15 is 0 Å². The van der Waals surface area contributed by atoms with Gasteiger partial charge in [0, 0.05) is 30.6 Å². The minimum atomic E-state index is -0.779.